The molecule has 4 N–H and O–H groups in total. The summed E-state index contributed by atoms with van der Waals surface area (Å²) in [6.45, 7) is 3.00. The fraction of sp³-hybridized carbons (Fsp3) is 0.800. The van der Waals surface area contributed by atoms with Crippen LogP contribution >= 0.6 is 0 Å². The lowest BCUT2D eigenvalue weighted by Crippen LogP contribution is -2.21. The Morgan fingerprint density at radius 3 is 2.94 bits per heavy atom. The van der Waals surface area contributed by atoms with Crippen molar-refractivity contribution in [2.24, 2.45) is 11.7 Å². The average molecular weight is 226 g/mol. The Kier molecular flexibility index (Phi) is 3.11. The van der Waals surface area contributed by atoms with Crippen LogP contribution in [0.4, 0.5) is 0 Å². The summed E-state index contributed by atoms with van der Waals surface area (Å²) in [5, 5.41) is 16.3. The molecule has 1 saturated carbocycles. The fourth-order valence-corrected chi connectivity index (χ4v) is 2.51. The summed E-state index contributed by atoms with van der Waals surface area (Å²) in [5.41, 5.74) is 5.41. The average Bonchev–Trinajstić information content (AvgIpc) is 2.81. The molecule has 1 aromatic rings. The lowest BCUT2D eigenvalue weighted by molar-refractivity contribution is 0.136. The Balaban J connectivity index is 2.23. The van der Waals surface area contributed by atoms with Gasteiger partial charge in [0.2, 0.25) is 0 Å². The van der Waals surface area contributed by atoms with Gasteiger partial charge in [0.15, 0.2) is 0 Å². The van der Waals surface area contributed by atoms with Gasteiger partial charge < -0.3 is 10.8 Å². The molecule has 6 heteroatoms. The minimum absolute atomic E-state index is 0.127. The highest BCUT2D eigenvalue weighted by molar-refractivity contribution is 5.03. The Morgan fingerprint density at radius 2 is 2.38 bits per heavy atom. The van der Waals surface area contributed by atoms with Crippen LogP contribution in [0.1, 0.15) is 31.5 Å². The molecule has 0 spiro atoms. The van der Waals surface area contributed by atoms with Crippen LogP contribution in [0.3, 0.4) is 0 Å². The highest BCUT2D eigenvalue weighted by Crippen LogP contribution is 2.36. The molecule has 2 rings (SSSR count). The van der Waals surface area contributed by atoms with Crippen molar-refractivity contribution in [3.8, 4) is 0 Å². The Labute approximate surface area is 93.5 Å². The van der Waals surface area contributed by atoms with E-state index in [4.69, 9.17) is 5.73 Å². The lowest BCUT2D eigenvalue weighted by atomic mass is 10.0. The second kappa shape index (κ2) is 4.39. The molecule has 0 aromatic carbocycles. The van der Waals surface area contributed by atoms with E-state index in [0.717, 1.165) is 12.2 Å². The van der Waals surface area contributed by atoms with Crippen LogP contribution in [0, 0.1) is 5.92 Å². The van der Waals surface area contributed by atoms with Crippen molar-refractivity contribution in [2.75, 3.05) is 6.54 Å². The summed E-state index contributed by atoms with van der Waals surface area (Å²) in [6, 6.07) is 0. The number of nitrogens with zero attached hydrogens (tertiary/aromatic N) is 2. The maximum atomic E-state index is 11.4. The lowest BCUT2D eigenvalue weighted by Gasteiger charge is -2.09. The first-order valence-electron chi connectivity index (χ1n) is 5.70. The van der Waals surface area contributed by atoms with Crippen LogP contribution < -0.4 is 11.4 Å². The van der Waals surface area contributed by atoms with E-state index in [2.05, 4.69) is 10.2 Å². The minimum Gasteiger partial charge on any atom is -0.393 e. The van der Waals surface area contributed by atoms with Gasteiger partial charge in [0.25, 0.3) is 0 Å². The van der Waals surface area contributed by atoms with Crippen molar-refractivity contribution in [3.63, 3.8) is 0 Å². The number of rotatable bonds is 3. The van der Waals surface area contributed by atoms with E-state index in [1.165, 1.54) is 0 Å². The number of nitrogens with one attached hydrogen (secondary N) is 1. The van der Waals surface area contributed by atoms with Crippen molar-refractivity contribution < 1.29 is 5.11 Å². The first-order chi connectivity index (χ1) is 7.67. The Bertz CT molecular complexity index is 411. The molecule has 0 radical (unpaired) electrons. The molecule has 1 fully saturated rings. The third kappa shape index (κ3) is 1.78. The summed E-state index contributed by atoms with van der Waals surface area (Å²) in [7, 11) is 0. The topological polar surface area (TPSA) is 96.9 Å². The van der Waals surface area contributed by atoms with Crippen LogP contribution in [0.2, 0.25) is 0 Å². The van der Waals surface area contributed by atoms with Gasteiger partial charge in [-0.2, -0.15) is 5.10 Å². The number of aromatic amines is 1. The van der Waals surface area contributed by atoms with Crippen LogP contribution in [-0.4, -0.2) is 32.5 Å². The summed E-state index contributed by atoms with van der Waals surface area (Å²) >= 11 is 0. The summed E-state index contributed by atoms with van der Waals surface area (Å²) in [6.07, 6.45) is 1.08. The molecule has 0 amide bonds. The van der Waals surface area contributed by atoms with Gasteiger partial charge >= 0.3 is 5.69 Å². The van der Waals surface area contributed by atoms with Crippen molar-refractivity contribution >= 4 is 0 Å². The van der Waals surface area contributed by atoms with Crippen molar-refractivity contribution in [3.05, 3.63) is 16.3 Å². The predicted octanol–water partition coefficient (Wildman–Crippen LogP) is -0.596. The second-order valence-electron chi connectivity index (χ2n) is 4.36. The maximum absolute atomic E-state index is 11.4. The third-order valence-electron chi connectivity index (χ3n) is 3.43. The van der Waals surface area contributed by atoms with E-state index in [1.807, 2.05) is 6.92 Å². The number of hydrogen-bond acceptors (Lipinski definition) is 4. The van der Waals surface area contributed by atoms with Gasteiger partial charge in [-0.3, -0.25) is 4.57 Å². The van der Waals surface area contributed by atoms with Gasteiger partial charge in [0, 0.05) is 12.5 Å². The molecular formula is C10H18N4O2. The van der Waals surface area contributed by atoms with E-state index in [9.17, 15) is 9.90 Å². The van der Waals surface area contributed by atoms with E-state index in [-0.39, 0.29) is 23.6 Å². The molecule has 1 aromatic heterocycles. The molecule has 16 heavy (non-hydrogen) atoms. The maximum Gasteiger partial charge on any atom is 0.343 e. The fourth-order valence-electron chi connectivity index (χ4n) is 2.51. The zero-order valence-corrected chi connectivity index (χ0v) is 9.39. The van der Waals surface area contributed by atoms with E-state index < -0.39 is 0 Å². The van der Waals surface area contributed by atoms with Gasteiger partial charge in [0.05, 0.1) is 6.10 Å². The number of aromatic nitrogens is 3. The molecule has 6 nitrogen and oxygen atoms in total. The van der Waals surface area contributed by atoms with Crippen molar-refractivity contribution in [1.82, 2.24) is 14.8 Å². The van der Waals surface area contributed by atoms with Gasteiger partial charge in [-0.15, -0.1) is 0 Å². The highest BCUT2D eigenvalue weighted by Gasteiger charge is 2.35. The number of aliphatic hydroxyl groups excluding tert-OH is 1. The molecule has 0 unspecified atom stereocenters. The first-order valence-corrected chi connectivity index (χ1v) is 5.70. The second-order valence-corrected chi connectivity index (χ2v) is 4.36. The molecule has 1 aliphatic carbocycles. The van der Waals surface area contributed by atoms with Crippen molar-refractivity contribution in [2.45, 2.75) is 38.3 Å². The van der Waals surface area contributed by atoms with E-state index in [1.54, 1.807) is 4.57 Å². The van der Waals surface area contributed by atoms with E-state index in [0.29, 0.717) is 19.5 Å². The molecule has 0 bridgehead atoms. The smallest absolute Gasteiger partial charge is 0.343 e. The first kappa shape index (κ1) is 11.3. The quantitative estimate of drug-likeness (QED) is 0.641. The zero-order chi connectivity index (χ0) is 11.7. The van der Waals surface area contributed by atoms with Crippen LogP contribution in [-0.2, 0) is 6.54 Å². The van der Waals surface area contributed by atoms with Crippen LogP contribution in [0.15, 0.2) is 4.79 Å². The third-order valence-corrected chi connectivity index (χ3v) is 3.43. The molecule has 3 atom stereocenters. The number of aliphatic hydroxyl groups is 1. The number of nitrogens with two attached hydrogens (primary N) is 1. The monoisotopic (exact) mass is 226 g/mol. The molecule has 0 saturated heterocycles. The van der Waals surface area contributed by atoms with Crippen molar-refractivity contribution in [1.29, 1.82) is 0 Å². The Morgan fingerprint density at radius 1 is 1.62 bits per heavy atom. The molecule has 1 heterocycles. The largest absolute Gasteiger partial charge is 0.393 e. The molecule has 1 aliphatic rings. The summed E-state index contributed by atoms with van der Waals surface area (Å²) in [5.74, 6) is 1.02. The SMILES string of the molecule is CCn1c([C@H]2C[C@H](CN)[C@H](O)C2)n[nH]c1=O. The van der Waals surface area contributed by atoms with Gasteiger partial charge in [-0.05, 0) is 32.2 Å². The minimum atomic E-state index is -0.368. The number of H-pyrrole nitrogens is 1. The normalized spacial score (nSPS) is 29.8. The van der Waals surface area contributed by atoms with Gasteiger partial charge in [-0.1, -0.05) is 0 Å². The highest BCUT2D eigenvalue weighted by atomic mass is 16.3. The summed E-state index contributed by atoms with van der Waals surface area (Å²) in [4.78, 5) is 11.4. The van der Waals surface area contributed by atoms with Crippen LogP contribution in [0.25, 0.3) is 0 Å². The predicted molar refractivity (Wildman–Crippen MR) is 59.0 cm³/mol. The van der Waals surface area contributed by atoms with Crippen LogP contribution in [0.5, 0.6) is 0 Å². The molecular weight excluding hydrogens is 208 g/mol. The Hall–Kier alpha value is -1.14. The standard InChI is InChI=1S/C10H18N4O2/c1-2-14-9(12-13-10(14)16)6-3-7(5-11)8(15)4-6/h6-8,15H,2-5,11H2,1H3,(H,13,16)/t6-,7+,8+/m0/s1. The zero-order valence-electron chi connectivity index (χ0n) is 9.39. The van der Waals surface area contributed by atoms with Gasteiger partial charge in [-0.25, -0.2) is 9.89 Å². The summed E-state index contributed by atoms with van der Waals surface area (Å²) < 4.78 is 1.62. The number of hydrogen-bond donors (Lipinski definition) is 3. The van der Waals surface area contributed by atoms with E-state index >= 15 is 0 Å². The van der Waals surface area contributed by atoms with Gasteiger partial charge in [0.1, 0.15) is 5.82 Å². The molecule has 90 valence electrons. The molecule has 0 aliphatic heterocycles.